The van der Waals surface area contributed by atoms with Crippen LogP contribution in [0.5, 0.6) is 11.5 Å². The van der Waals surface area contributed by atoms with E-state index in [-0.39, 0.29) is 0 Å². The summed E-state index contributed by atoms with van der Waals surface area (Å²) in [6, 6.07) is 177. The van der Waals surface area contributed by atoms with E-state index in [0.29, 0.717) is 0 Å². The van der Waals surface area contributed by atoms with E-state index >= 15 is 0 Å². The van der Waals surface area contributed by atoms with Crippen LogP contribution in [0.2, 0.25) is 0 Å². The zero-order valence-corrected chi connectivity index (χ0v) is 74.5. The summed E-state index contributed by atoms with van der Waals surface area (Å²) in [5.41, 5.74) is 30.8. The van der Waals surface area contributed by atoms with Crippen molar-refractivity contribution in [2.45, 2.75) is 6.92 Å². The molecule has 0 saturated carbocycles. The molecule has 1 radical (unpaired) electrons. The van der Waals surface area contributed by atoms with Gasteiger partial charge in [-0.15, -0.1) is 0 Å². The minimum atomic E-state index is -0.665. The van der Waals surface area contributed by atoms with E-state index in [9.17, 15) is 0 Å². The molecule has 7 aromatic heterocycles. The van der Waals surface area contributed by atoms with Crippen molar-refractivity contribution in [1.82, 2.24) is 32.4 Å². The fourth-order valence-corrected chi connectivity index (χ4v) is 20.6. The molecule has 7 heterocycles. The van der Waals surface area contributed by atoms with Crippen molar-refractivity contribution in [3.8, 4) is 79.0 Å². The van der Waals surface area contributed by atoms with Crippen molar-refractivity contribution in [2.75, 3.05) is 0 Å². The Morgan fingerprint density at radius 1 is 0.179 bits per heavy atom. The monoisotopic (exact) mass is 1730 g/mol. The summed E-state index contributed by atoms with van der Waals surface area (Å²) in [6.45, 7) is 1.98. The van der Waals surface area contributed by atoms with Crippen LogP contribution < -0.4 is 7.58 Å². The molecular weight excluding hydrogens is 1650 g/mol. The molecule has 0 saturated heterocycles. The van der Waals surface area contributed by atoms with E-state index in [2.05, 4.69) is 475 Å². The molecule has 0 amide bonds. The average molecular weight is 1730 g/mol. The van der Waals surface area contributed by atoms with E-state index in [1.807, 2.05) is 61.5 Å². The van der Waals surface area contributed by atoms with Gasteiger partial charge in [-0.25, -0.2) is 4.98 Å². The molecule has 0 N–H and O–H groups in total. The first-order valence-corrected chi connectivity index (χ1v) is 46.5. The SMILES string of the molecule is Cc1ccc2cccc([O][Al][O]c3ccc(-c4ccccc4)cc3)c2n1.c1cc(-c2cccc(-n3c4ccccc4c4ccccc43)c2)cc(-n2c3ccccc3c3ccccc32)c1.c1cc(-n2c3ccccc3c3ccccc32)cc(-n2c3ccccc3c3ccccc32)c1.c1ccc2c(c1)c1ccccc1n2-c1ccc(-c2ccc(-n3c4ccccc4c4ccccc43)cc2)cc1. The maximum absolute atomic E-state index is 5.89. The maximum Gasteiger partial charge on any atom is 0.881 e. The minimum Gasteiger partial charge on any atom is -0.616 e. The Morgan fingerprint density at radius 3 is 0.724 bits per heavy atom. The van der Waals surface area contributed by atoms with Crippen LogP contribution in [-0.2, 0) is 0 Å². The number of rotatable bonds is 13. The summed E-state index contributed by atoms with van der Waals surface area (Å²) in [5, 5.41) is 16.5. The molecule has 0 aliphatic heterocycles. The quantitative estimate of drug-likeness (QED) is 0.108. The van der Waals surface area contributed by atoms with Gasteiger partial charge in [-0.2, -0.15) is 0 Å². The van der Waals surface area contributed by atoms with E-state index in [4.69, 9.17) is 7.58 Å². The first-order chi connectivity index (χ1) is 66.4. The predicted molar refractivity (Wildman–Crippen MR) is 562 cm³/mol. The van der Waals surface area contributed by atoms with Crippen LogP contribution in [-0.4, -0.2) is 48.3 Å². The number of aromatic nitrogens is 7. The van der Waals surface area contributed by atoms with E-state index in [0.717, 1.165) is 28.1 Å². The summed E-state index contributed by atoms with van der Waals surface area (Å²) < 4.78 is 25.9. The summed E-state index contributed by atoms with van der Waals surface area (Å²) >= 11 is -0.665. The van der Waals surface area contributed by atoms with Crippen molar-refractivity contribution >= 4 is 158 Å². The summed E-state index contributed by atoms with van der Waals surface area (Å²) in [7, 11) is 0. The molecular formula is C124H85AlN7O2. The molecule has 20 aromatic carbocycles. The Balaban J connectivity index is 0.0000000991. The molecule has 9 nitrogen and oxygen atoms in total. The van der Waals surface area contributed by atoms with Crippen LogP contribution in [0.3, 0.4) is 0 Å². The van der Waals surface area contributed by atoms with Gasteiger partial charge in [0.25, 0.3) is 0 Å². The molecule has 0 fully saturated rings. The molecule has 0 bridgehead atoms. The van der Waals surface area contributed by atoms with Gasteiger partial charge >= 0.3 is 15.9 Å². The largest absolute Gasteiger partial charge is 0.881 e. The van der Waals surface area contributed by atoms with Gasteiger partial charge in [0.15, 0.2) is 0 Å². The standard InChI is InChI=1S/2C36H24N2.C30H20N2.C12H10O.C10H9NO.Al/c1-5-19-33-29(15-1)30-16-2-6-20-34(30)37(33)27-13-9-11-25(23-27)26-12-10-14-28(24-26)38-35-21-7-3-17-31(35)32-18-4-8-22-36(32)38;1-5-13-33-29(9-1)30-10-2-6-14-34(30)37(33)27-21-17-25(18-22-27)26-19-23-28(24-20-26)38-35-15-7-3-11-31(35)32-12-4-8-16-36(32)38;1-5-16-27-23(12-1)24-13-2-6-17-28(24)31(27)21-10-9-11-22(20-21)32-29-18-7-3-14-25(29)26-15-4-8-19-30(26)32;13-12-8-6-11(7-9-12)10-4-2-1-3-5-10;1-7-5-6-8-3-2-4-9(12)10(8)11-7;/h2*1-24H;1-20H;1-9,13H;2-6,12H,1H3;/q;;;;;+2/p-2. The van der Waals surface area contributed by atoms with Crippen LogP contribution in [0, 0.1) is 6.92 Å². The summed E-state index contributed by atoms with van der Waals surface area (Å²) in [5.74, 6) is 1.58. The topological polar surface area (TPSA) is 60.9 Å². The molecule has 0 aliphatic rings. The van der Waals surface area contributed by atoms with Crippen LogP contribution >= 0.6 is 0 Å². The van der Waals surface area contributed by atoms with Crippen LogP contribution in [0.25, 0.3) is 209 Å². The third-order valence-electron chi connectivity index (χ3n) is 26.1. The van der Waals surface area contributed by atoms with Crippen LogP contribution in [0.1, 0.15) is 5.69 Å². The molecule has 0 spiro atoms. The van der Waals surface area contributed by atoms with Crippen molar-refractivity contribution in [3.63, 3.8) is 0 Å². The van der Waals surface area contributed by atoms with Gasteiger partial charge < -0.3 is 35.0 Å². The fourth-order valence-electron chi connectivity index (χ4n) is 20.0. The second kappa shape index (κ2) is 34.6. The number of hydrogen-bond acceptors (Lipinski definition) is 3. The molecule has 27 aromatic rings. The van der Waals surface area contributed by atoms with E-state index < -0.39 is 15.9 Å². The zero-order valence-electron chi connectivity index (χ0n) is 73.4. The van der Waals surface area contributed by atoms with Gasteiger partial charge in [-0.1, -0.05) is 334 Å². The Morgan fingerprint density at radius 2 is 0.418 bits per heavy atom. The van der Waals surface area contributed by atoms with E-state index in [1.54, 1.807) is 0 Å². The van der Waals surface area contributed by atoms with Crippen molar-refractivity contribution in [1.29, 1.82) is 0 Å². The zero-order chi connectivity index (χ0) is 88.9. The molecule has 0 atom stereocenters. The number of benzene rings is 20. The van der Waals surface area contributed by atoms with Gasteiger partial charge in [0.1, 0.15) is 11.3 Å². The maximum atomic E-state index is 5.89. The Labute approximate surface area is 781 Å². The molecule has 0 aliphatic carbocycles. The first kappa shape index (κ1) is 80.1. The third-order valence-corrected chi connectivity index (χ3v) is 26.8. The molecule has 631 valence electrons. The van der Waals surface area contributed by atoms with Gasteiger partial charge in [0.05, 0.1) is 71.9 Å². The number of para-hydroxylation sites is 13. The Hall–Kier alpha value is -17.3. The Kier molecular flexibility index (Phi) is 20.7. The van der Waals surface area contributed by atoms with E-state index in [1.165, 1.54) is 198 Å². The lowest BCUT2D eigenvalue weighted by Gasteiger charge is -2.12. The highest BCUT2D eigenvalue weighted by Gasteiger charge is 2.21. The number of pyridine rings is 1. The number of nitrogens with zero attached hydrogens (tertiary/aromatic N) is 7. The highest BCUT2D eigenvalue weighted by Crippen LogP contribution is 2.42. The lowest BCUT2D eigenvalue weighted by Crippen LogP contribution is -2.11. The molecule has 0 unspecified atom stereocenters. The normalized spacial score (nSPS) is 11.5. The van der Waals surface area contributed by atoms with Crippen molar-refractivity contribution in [3.05, 3.63) is 503 Å². The summed E-state index contributed by atoms with van der Waals surface area (Å²) in [4.78, 5) is 4.58. The second-order valence-corrected chi connectivity index (χ2v) is 34.6. The van der Waals surface area contributed by atoms with Crippen LogP contribution in [0.4, 0.5) is 0 Å². The smallest absolute Gasteiger partial charge is 0.616 e. The summed E-state index contributed by atoms with van der Waals surface area (Å²) in [6.07, 6.45) is 0. The fraction of sp³-hybridized carbons (Fsp3) is 0.00806. The van der Waals surface area contributed by atoms with Gasteiger partial charge in [-0.3, -0.25) is 0 Å². The second-order valence-electron chi connectivity index (χ2n) is 33.9. The Bertz CT molecular complexity index is 8370. The average Bonchev–Trinajstić information content (AvgIpc) is 1.62. The molecule has 134 heavy (non-hydrogen) atoms. The highest BCUT2D eigenvalue weighted by atomic mass is 27.2. The lowest BCUT2D eigenvalue weighted by molar-refractivity contribution is 0.461. The van der Waals surface area contributed by atoms with Crippen molar-refractivity contribution in [2.24, 2.45) is 0 Å². The van der Waals surface area contributed by atoms with Crippen LogP contribution in [0.15, 0.2) is 497 Å². The number of hydrogen-bond donors (Lipinski definition) is 0. The van der Waals surface area contributed by atoms with Gasteiger partial charge in [-0.05, 0) is 204 Å². The lowest BCUT2D eigenvalue weighted by atomic mass is 10.0. The minimum absolute atomic E-state index is 0.665. The molecule has 27 rings (SSSR count). The highest BCUT2D eigenvalue weighted by molar-refractivity contribution is 6.21. The third kappa shape index (κ3) is 14.5. The van der Waals surface area contributed by atoms with Gasteiger partial charge in [0.2, 0.25) is 0 Å². The number of fused-ring (bicyclic) bond motifs is 19. The number of aryl methyl sites for hydroxylation is 1. The van der Waals surface area contributed by atoms with Gasteiger partial charge in [0, 0.05) is 110 Å². The molecule has 10 heteroatoms. The van der Waals surface area contributed by atoms with Crippen molar-refractivity contribution < 1.29 is 7.58 Å². The first-order valence-electron chi connectivity index (χ1n) is 45.5. The predicted octanol–water partition coefficient (Wildman–Crippen LogP) is 32.2.